The summed E-state index contributed by atoms with van der Waals surface area (Å²) in [7, 11) is 0. The van der Waals surface area contributed by atoms with Crippen molar-refractivity contribution < 1.29 is 5.11 Å². The zero-order chi connectivity index (χ0) is 10.7. The molecule has 0 saturated heterocycles. The van der Waals surface area contributed by atoms with Gasteiger partial charge in [-0.25, -0.2) is 0 Å². The molecule has 1 aliphatic rings. The summed E-state index contributed by atoms with van der Waals surface area (Å²) < 4.78 is 0. The third kappa shape index (κ3) is 2.65. The van der Waals surface area contributed by atoms with E-state index in [4.69, 9.17) is 0 Å². The Balaban J connectivity index is 1.95. The van der Waals surface area contributed by atoms with Crippen molar-refractivity contribution in [3.63, 3.8) is 0 Å². The Labute approximate surface area is 91.3 Å². The monoisotopic (exact) mass is 205 g/mol. The van der Waals surface area contributed by atoms with Crippen molar-refractivity contribution in [1.29, 1.82) is 0 Å². The van der Waals surface area contributed by atoms with Crippen LogP contribution in [-0.2, 0) is 0 Å². The summed E-state index contributed by atoms with van der Waals surface area (Å²) in [5, 5.41) is 12.8. The van der Waals surface area contributed by atoms with E-state index in [1.165, 1.54) is 25.7 Å². The molecule has 0 aromatic heterocycles. The van der Waals surface area contributed by atoms with Gasteiger partial charge in [0.25, 0.3) is 0 Å². The highest BCUT2D eigenvalue weighted by Crippen LogP contribution is 2.29. The lowest BCUT2D eigenvalue weighted by Crippen LogP contribution is -2.23. The first-order valence-electron chi connectivity index (χ1n) is 5.81. The summed E-state index contributed by atoms with van der Waals surface area (Å²) in [4.78, 5) is 0. The molecule has 2 N–H and O–H groups in total. The molecule has 1 aromatic rings. The maximum absolute atomic E-state index is 9.35. The Morgan fingerprint density at radius 1 is 1.33 bits per heavy atom. The molecule has 0 heterocycles. The summed E-state index contributed by atoms with van der Waals surface area (Å²) in [6.45, 7) is 2.24. The summed E-state index contributed by atoms with van der Waals surface area (Å²) in [6, 6.07) is 7.87. The number of hydrogen-bond acceptors (Lipinski definition) is 2. The SMILES string of the molecule is CC(Nc1cccc(O)c1)C1CCCC1. The minimum atomic E-state index is 0.332. The molecule has 0 aliphatic heterocycles. The average molecular weight is 205 g/mol. The van der Waals surface area contributed by atoms with E-state index in [1.54, 1.807) is 12.1 Å². The smallest absolute Gasteiger partial charge is 0.117 e. The number of aromatic hydroxyl groups is 1. The summed E-state index contributed by atoms with van der Waals surface area (Å²) in [5.74, 6) is 1.13. The number of anilines is 1. The largest absolute Gasteiger partial charge is 0.508 e. The number of phenols is 1. The molecule has 2 nitrogen and oxygen atoms in total. The van der Waals surface area contributed by atoms with E-state index in [0.29, 0.717) is 11.8 Å². The first kappa shape index (κ1) is 10.3. The lowest BCUT2D eigenvalue weighted by atomic mass is 9.99. The predicted octanol–water partition coefficient (Wildman–Crippen LogP) is 3.38. The van der Waals surface area contributed by atoms with Crippen LogP contribution in [-0.4, -0.2) is 11.1 Å². The van der Waals surface area contributed by atoms with Gasteiger partial charge in [0.1, 0.15) is 5.75 Å². The molecule has 2 rings (SSSR count). The van der Waals surface area contributed by atoms with Crippen molar-refractivity contribution in [1.82, 2.24) is 0 Å². The zero-order valence-electron chi connectivity index (χ0n) is 9.24. The van der Waals surface area contributed by atoms with Crippen LogP contribution in [0, 0.1) is 5.92 Å². The lowest BCUT2D eigenvalue weighted by molar-refractivity contribution is 0.472. The molecule has 1 aliphatic carbocycles. The Morgan fingerprint density at radius 2 is 2.07 bits per heavy atom. The molecule has 0 radical (unpaired) electrons. The van der Waals surface area contributed by atoms with Crippen LogP contribution in [0.2, 0.25) is 0 Å². The second kappa shape index (κ2) is 4.56. The molecule has 1 saturated carbocycles. The molecular weight excluding hydrogens is 186 g/mol. The van der Waals surface area contributed by atoms with E-state index in [-0.39, 0.29) is 0 Å². The second-order valence-corrected chi connectivity index (χ2v) is 4.53. The van der Waals surface area contributed by atoms with Gasteiger partial charge >= 0.3 is 0 Å². The fourth-order valence-electron chi connectivity index (χ4n) is 2.43. The average Bonchev–Trinajstić information content (AvgIpc) is 2.70. The predicted molar refractivity (Wildman–Crippen MR) is 63.1 cm³/mol. The van der Waals surface area contributed by atoms with Crippen LogP contribution < -0.4 is 5.32 Å². The standard InChI is InChI=1S/C13H19NO/c1-10(11-5-2-3-6-11)14-12-7-4-8-13(15)9-12/h4,7-11,14-15H,2-3,5-6H2,1H3. The van der Waals surface area contributed by atoms with Crippen LogP contribution in [0.15, 0.2) is 24.3 Å². The molecule has 1 atom stereocenters. The molecule has 82 valence electrons. The summed E-state index contributed by atoms with van der Waals surface area (Å²) in [6.07, 6.45) is 5.42. The summed E-state index contributed by atoms with van der Waals surface area (Å²) in [5.41, 5.74) is 1.02. The first-order valence-corrected chi connectivity index (χ1v) is 5.81. The quantitative estimate of drug-likeness (QED) is 0.792. The van der Waals surface area contributed by atoms with Crippen LogP contribution in [0.25, 0.3) is 0 Å². The fourth-order valence-corrected chi connectivity index (χ4v) is 2.43. The molecule has 1 unspecified atom stereocenters. The van der Waals surface area contributed by atoms with Crippen LogP contribution >= 0.6 is 0 Å². The Bertz CT molecular complexity index is 318. The Hall–Kier alpha value is -1.18. The molecule has 1 fully saturated rings. The van der Waals surface area contributed by atoms with E-state index in [0.717, 1.165) is 11.6 Å². The number of hydrogen-bond donors (Lipinski definition) is 2. The molecule has 15 heavy (non-hydrogen) atoms. The molecule has 1 aromatic carbocycles. The minimum absolute atomic E-state index is 0.332. The van der Waals surface area contributed by atoms with Crippen molar-refractivity contribution in [2.45, 2.75) is 38.6 Å². The maximum atomic E-state index is 9.35. The minimum Gasteiger partial charge on any atom is -0.508 e. The molecule has 0 amide bonds. The lowest BCUT2D eigenvalue weighted by Gasteiger charge is -2.21. The van der Waals surface area contributed by atoms with Gasteiger partial charge in [-0.05, 0) is 37.8 Å². The van der Waals surface area contributed by atoms with Gasteiger partial charge in [-0.3, -0.25) is 0 Å². The Morgan fingerprint density at radius 3 is 2.73 bits per heavy atom. The van der Waals surface area contributed by atoms with Gasteiger partial charge in [-0.1, -0.05) is 18.9 Å². The van der Waals surface area contributed by atoms with Gasteiger partial charge in [0, 0.05) is 17.8 Å². The van der Waals surface area contributed by atoms with Gasteiger partial charge in [0.15, 0.2) is 0 Å². The van der Waals surface area contributed by atoms with Crippen molar-refractivity contribution in [3.8, 4) is 5.75 Å². The summed E-state index contributed by atoms with van der Waals surface area (Å²) >= 11 is 0. The fraction of sp³-hybridized carbons (Fsp3) is 0.538. The van der Waals surface area contributed by atoms with Crippen molar-refractivity contribution in [2.24, 2.45) is 5.92 Å². The topological polar surface area (TPSA) is 32.3 Å². The van der Waals surface area contributed by atoms with E-state index in [2.05, 4.69) is 12.2 Å². The van der Waals surface area contributed by atoms with Gasteiger partial charge < -0.3 is 10.4 Å². The molecule has 0 spiro atoms. The van der Waals surface area contributed by atoms with E-state index in [1.807, 2.05) is 12.1 Å². The van der Waals surface area contributed by atoms with E-state index in [9.17, 15) is 5.11 Å². The normalized spacial score (nSPS) is 19.0. The number of rotatable bonds is 3. The third-order valence-corrected chi connectivity index (χ3v) is 3.35. The maximum Gasteiger partial charge on any atom is 0.117 e. The highest BCUT2D eigenvalue weighted by molar-refractivity contribution is 5.48. The molecule has 0 bridgehead atoms. The van der Waals surface area contributed by atoms with E-state index >= 15 is 0 Å². The van der Waals surface area contributed by atoms with Gasteiger partial charge in [-0.15, -0.1) is 0 Å². The molecular formula is C13H19NO. The van der Waals surface area contributed by atoms with Crippen LogP contribution in [0.1, 0.15) is 32.6 Å². The van der Waals surface area contributed by atoms with Crippen LogP contribution in [0.4, 0.5) is 5.69 Å². The highest BCUT2D eigenvalue weighted by atomic mass is 16.3. The van der Waals surface area contributed by atoms with Gasteiger partial charge in [-0.2, -0.15) is 0 Å². The number of benzene rings is 1. The Kier molecular flexibility index (Phi) is 3.14. The molecule has 2 heteroatoms. The highest BCUT2D eigenvalue weighted by Gasteiger charge is 2.21. The van der Waals surface area contributed by atoms with Crippen molar-refractivity contribution in [3.05, 3.63) is 24.3 Å². The third-order valence-electron chi connectivity index (χ3n) is 3.35. The zero-order valence-corrected chi connectivity index (χ0v) is 9.24. The van der Waals surface area contributed by atoms with Crippen LogP contribution in [0.3, 0.4) is 0 Å². The second-order valence-electron chi connectivity index (χ2n) is 4.53. The van der Waals surface area contributed by atoms with Gasteiger partial charge in [0.05, 0.1) is 0 Å². The number of phenolic OH excluding ortho intramolecular Hbond substituents is 1. The number of nitrogens with one attached hydrogen (secondary N) is 1. The van der Waals surface area contributed by atoms with E-state index < -0.39 is 0 Å². The first-order chi connectivity index (χ1) is 7.25. The van der Waals surface area contributed by atoms with Gasteiger partial charge in [0.2, 0.25) is 0 Å². The van der Waals surface area contributed by atoms with Crippen molar-refractivity contribution in [2.75, 3.05) is 5.32 Å². The van der Waals surface area contributed by atoms with Crippen LogP contribution in [0.5, 0.6) is 5.75 Å². The van der Waals surface area contributed by atoms with Crippen molar-refractivity contribution >= 4 is 5.69 Å².